The van der Waals surface area contributed by atoms with Crippen LogP contribution in [0.2, 0.25) is 0 Å². The predicted molar refractivity (Wildman–Crippen MR) is 9.37 cm³/mol. The third-order valence-corrected chi connectivity index (χ3v) is 0. The van der Waals surface area contributed by atoms with E-state index >= 15 is 0 Å². The Bertz CT molecular complexity index is 11.6. The Morgan fingerprint density at radius 3 is 1.00 bits per heavy atom. The number of rotatable bonds is 0. The van der Waals surface area contributed by atoms with Crippen LogP contribution in [0, 0.1) is 0 Å². The van der Waals surface area contributed by atoms with Crippen LogP contribution in [-0.4, -0.2) is 24.3 Å². The first kappa shape index (κ1) is 57.7. The van der Waals surface area contributed by atoms with Gasteiger partial charge in [0.2, 0.25) is 0 Å². The first-order valence-electron chi connectivity index (χ1n) is 0. The summed E-state index contributed by atoms with van der Waals surface area (Å²) in [6.07, 6.45) is 0. The molecule has 0 fully saturated rings. The summed E-state index contributed by atoms with van der Waals surface area (Å²) in [6, 6.07) is 0. The van der Waals surface area contributed by atoms with Crippen LogP contribution in [0.3, 0.4) is 0 Å². The van der Waals surface area contributed by atoms with E-state index in [2.05, 4.69) is 0 Å². The van der Waals surface area contributed by atoms with Gasteiger partial charge in [-0.25, -0.2) is 0 Å². The van der Waals surface area contributed by atoms with Gasteiger partial charge in [-0.05, 0) is 0 Å². The minimum absolute atomic E-state index is 0. The Morgan fingerprint density at radius 2 is 1.00 bits per heavy atom. The predicted octanol–water partition coefficient (Wildman–Crippen LogP) is -1.21. The molecule has 0 saturated heterocycles. The molecule has 2 N–H and O–H groups in total. The first-order chi connectivity index (χ1) is 0. The minimum Gasteiger partial charge on any atom is -0.412 e. The Balaban J connectivity index is 0. The van der Waals surface area contributed by atoms with Gasteiger partial charge in [0, 0.05) is 71.6 Å². The molecule has 0 amide bonds. The van der Waals surface area contributed by atoms with Gasteiger partial charge in [0.25, 0.3) is 0 Å². The molecule has 0 heterocycles. The van der Waals surface area contributed by atoms with E-state index in [0.717, 1.165) is 0 Å². The maximum Gasteiger partial charge on any atom is 0 e. The molecule has 2 radical (unpaired) electrons. The number of hydrogen-bond acceptors (Lipinski definition) is 0. The van der Waals surface area contributed by atoms with E-state index in [1.807, 2.05) is 0 Å². The molecule has 0 unspecified atom stereocenters. The van der Waals surface area contributed by atoms with Crippen molar-refractivity contribution in [3.63, 3.8) is 0 Å². The van der Waals surface area contributed by atoms with Gasteiger partial charge in [0.15, 0.2) is 0 Å². The molecule has 0 bridgehead atoms. The Morgan fingerprint density at radius 1 is 1.00 bits per heavy atom. The Hall–Kier alpha value is 2.18. The van der Waals surface area contributed by atoms with Crippen molar-refractivity contribution in [2.75, 3.05) is 0 Å². The summed E-state index contributed by atoms with van der Waals surface area (Å²) in [5, 5.41) is 0. The summed E-state index contributed by atoms with van der Waals surface area (Å²) in [5.41, 5.74) is 0. The molecule has 0 aliphatic heterocycles. The fraction of sp³-hybridized carbons (Fsp3) is 0. The molecular weight excluding hydrogens is 206 g/mol. The fourth-order valence-electron chi connectivity index (χ4n) is 0. The van der Waals surface area contributed by atoms with Gasteiger partial charge in [0.05, 0.1) is 0 Å². The van der Waals surface area contributed by atoms with Crippen LogP contribution in [0.1, 0.15) is 0 Å². The SMILES string of the molecule is O.[Co].[Li].[Ni].[Zn]. The van der Waals surface area contributed by atoms with Gasteiger partial charge in [0.1, 0.15) is 0 Å². The largest absolute Gasteiger partial charge is 0.412 e. The van der Waals surface area contributed by atoms with Crippen molar-refractivity contribution < 1.29 is 58.2 Å². The molecule has 1 nitrogen and oxygen atoms in total. The van der Waals surface area contributed by atoms with Crippen LogP contribution in [-0.2, 0) is 52.7 Å². The van der Waals surface area contributed by atoms with Crippen molar-refractivity contribution in [3.05, 3.63) is 0 Å². The van der Waals surface area contributed by atoms with Gasteiger partial charge in [-0.15, -0.1) is 0 Å². The molecule has 0 saturated carbocycles. The van der Waals surface area contributed by atoms with Crippen LogP contribution in [0.15, 0.2) is 0 Å². The zero-order valence-corrected chi connectivity index (χ0v) is 7.85. The zero-order chi connectivity index (χ0) is 0. The summed E-state index contributed by atoms with van der Waals surface area (Å²) in [4.78, 5) is 0. The van der Waals surface area contributed by atoms with E-state index < -0.39 is 0 Å². The maximum atomic E-state index is 0. The van der Waals surface area contributed by atoms with Crippen LogP contribution >= 0.6 is 0 Å². The van der Waals surface area contributed by atoms with Gasteiger partial charge < -0.3 is 5.48 Å². The monoisotopic (exact) mass is 206 g/mol. The fourth-order valence-corrected chi connectivity index (χ4v) is 0. The van der Waals surface area contributed by atoms with E-state index in [0.29, 0.717) is 0 Å². The van der Waals surface area contributed by atoms with E-state index in [1.54, 1.807) is 0 Å². The van der Waals surface area contributed by atoms with Crippen molar-refractivity contribution >= 4 is 18.9 Å². The van der Waals surface area contributed by atoms with Crippen LogP contribution < -0.4 is 0 Å². The zero-order valence-electron chi connectivity index (χ0n) is 2.86. The van der Waals surface area contributed by atoms with Crippen molar-refractivity contribution in [2.24, 2.45) is 0 Å². The van der Waals surface area contributed by atoms with Gasteiger partial charge in [-0.3, -0.25) is 0 Å². The molecule has 0 aromatic carbocycles. The standard InChI is InChI=1S/Co.Li.Ni.H2O.Zn/h;;;1H2;. The number of hydrogen-bond donors (Lipinski definition) is 0. The van der Waals surface area contributed by atoms with E-state index in [9.17, 15) is 0 Å². The minimum atomic E-state index is 0. The smallest absolute Gasteiger partial charge is 0 e. The average molecular weight is 208 g/mol. The molecule has 30 valence electrons. The van der Waals surface area contributed by atoms with E-state index in [-0.39, 0.29) is 77.1 Å². The maximum absolute atomic E-state index is 0. The molecule has 0 aliphatic rings. The van der Waals surface area contributed by atoms with Crippen LogP contribution in [0.4, 0.5) is 0 Å². The molecular formula is H2CoLiNiOZn. The molecule has 0 aliphatic carbocycles. The third-order valence-electron chi connectivity index (χ3n) is 0. The summed E-state index contributed by atoms with van der Waals surface area (Å²) in [5.74, 6) is 0. The quantitative estimate of drug-likeness (QED) is 0.447. The summed E-state index contributed by atoms with van der Waals surface area (Å²) < 4.78 is 0. The second-order valence-electron chi connectivity index (χ2n) is 0. The summed E-state index contributed by atoms with van der Waals surface area (Å²) in [6.45, 7) is 0. The average Bonchev–Trinajstić information content (AvgIpc) is 0. The van der Waals surface area contributed by atoms with Crippen LogP contribution in [0.25, 0.3) is 0 Å². The normalized spacial score (nSPS) is 0. The first-order valence-corrected chi connectivity index (χ1v) is 0. The summed E-state index contributed by atoms with van der Waals surface area (Å²) >= 11 is 0. The topological polar surface area (TPSA) is 31.5 Å². The van der Waals surface area contributed by atoms with E-state index in [1.165, 1.54) is 0 Å². The molecule has 0 atom stereocenters. The third kappa shape index (κ3) is 22.7. The van der Waals surface area contributed by atoms with Crippen molar-refractivity contribution in [3.8, 4) is 0 Å². The van der Waals surface area contributed by atoms with Crippen molar-refractivity contribution in [1.82, 2.24) is 0 Å². The molecule has 0 rings (SSSR count). The van der Waals surface area contributed by atoms with E-state index in [4.69, 9.17) is 0 Å². The Labute approximate surface area is 76.4 Å². The van der Waals surface area contributed by atoms with Crippen molar-refractivity contribution in [2.45, 2.75) is 0 Å². The van der Waals surface area contributed by atoms with Crippen LogP contribution in [0.5, 0.6) is 0 Å². The second-order valence-corrected chi connectivity index (χ2v) is 0. The Kier molecular flexibility index (Phi) is 402. The van der Waals surface area contributed by atoms with Gasteiger partial charge in [-0.2, -0.15) is 0 Å². The molecule has 5 heavy (non-hydrogen) atoms. The second kappa shape index (κ2) is 34.9. The molecule has 0 aromatic rings. The van der Waals surface area contributed by atoms with Gasteiger partial charge >= 0.3 is 0 Å². The summed E-state index contributed by atoms with van der Waals surface area (Å²) in [7, 11) is 0. The van der Waals surface area contributed by atoms with Gasteiger partial charge in [-0.1, -0.05) is 0 Å². The van der Waals surface area contributed by atoms with Crippen molar-refractivity contribution in [1.29, 1.82) is 0 Å². The molecule has 5 heteroatoms. The molecule has 0 aromatic heterocycles. The molecule has 0 spiro atoms.